The maximum Gasteiger partial charge on any atom is 0.373 e. The van der Waals surface area contributed by atoms with Gasteiger partial charge in [0.2, 0.25) is 0 Å². The summed E-state index contributed by atoms with van der Waals surface area (Å²) in [4.78, 5) is 0. The fourth-order valence-corrected chi connectivity index (χ4v) is 2.08. The highest BCUT2D eigenvalue weighted by atomic mass is 32.2. The Labute approximate surface area is 98.0 Å². The van der Waals surface area contributed by atoms with Gasteiger partial charge in [-0.05, 0) is 24.3 Å². The third-order valence-corrected chi connectivity index (χ3v) is 3.07. The first-order valence-electron chi connectivity index (χ1n) is 4.60. The molecule has 0 unspecified atom stereocenters. The van der Waals surface area contributed by atoms with Gasteiger partial charge >= 0.3 is 10.1 Å². The van der Waals surface area contributed by atoms with Crippen molar-refractivity contribution in [3.05, 3.63) is 48.2 Å². The van der Waals surface area contributed by atoms with Gasteiger partial charge in [0, 0.05) is 0 Å². The molecule has 0 aliphatic heterocycles. The first-order valence-corrected chi connectivity index (χ1v) is 6.01. The molecule has 0 fully saturated rings. The summed E-state index contributed by atoms with van der Waals surface area (Å²) in [6.07, 6.45) is 1.23. The van der Waals surface area contributed by atoms with Gasteiger partial charge in [0.1, 0.15) is 6.07 Å². The third-order valence-electron chi connectivity index (χ3n) is 1.95. The zero-order chi connectivity index (χ0) is 12.3. The molecule has 0 atom stereocenters. The van der Waals surface area contributed by atoms with E-state index < -0.39 is 10.1 Å². The van der Waals surface area contributed by atoms with Crippen molar-refractivity contribution in [2.24, 2.45) is 0 Å². The van der Waals surface area contributed by atoms with E-state index in [4.69, 9.17) is 13.9 Å². The Morgan fingerprint density at radius 3 is 2.59 bits per heavy atom. The zero-order valence-corrected chi connectivity index (χ0v) is 9.35. The predicted molar refractivity (Wildman–Crippen MR) is 57.7 cm³/mol. The summed E-state index contributed by atoms with van der Waals surface area (Å²) >= 11 is 0. The molecule has 0 N–H and O–H groups in total. The molecule has 5 nitrogen and oxygen atoms in total. The van der Waals surface area contributed by atoms with E-state index in [9.17, 15) is 8.42 Å². The summed E-state index contributed by atoms with van der Waals surface area (Å²) in [5.41, 5.74) is 0.141. The summed E-state index contributed by atoms with van der Waals surface area (Å²) < 4.78 is 33.0. The number of rotatable bonds is 3. The van der Waals surface area contributed by atoms with Gasteiger partial charge in [-0.25, -0.2) is 0 Å². The lowest BCUT2D eigenvalue weighted by atomic mass is 10.2. The highest BCUT2D eigenvalue weighted by Crippen LogP contribution is 2.22. The average Bonchev–Trinajstić information content (AvgIpc) is 2.83. The number of nitrogens with zero attached hydrogens (tertiary/aromatic N) is 1. The number of nitriles is 1. The molecule has 1 aromatic carbocycles. The highest BCUT2D eigenvalue weighted by molar-refractivity contribution is 7.87. The van der Waals surface area contributed by atoms with Gasteiger partial charge in [0.15, 0.2) is 5.75 Å². The maximum absolute atomic E-state index is 11.7. The van der Waals surface area contributed by atoms with Crippen molar-refractivity contribution in [2.75, 3.05) is 0 Å². The first kappa shape index (κ1) is 11.2. The number of furan rings is 1. The van der Waals surface area contributed by atoms with Crippen LogP contribution in [0.15, 0.2) is 52.2 Å². The molecular weight excluding hydrogens is 242 g/mol. The van der Waals surface area contributed by atoms with Crippen molar-refractivity contribution in [3.8, 4) is 11.8 Å². The molecule has 0 spiro atoms. The van der Waals surface area contributed by atoms with Crippen LogP contribution in [0.3, 0.4) is 0 Å². The summed E-state index contributed by atoms with van der Waals surface area (Å²) in [7, 11) is -4.02. The van der Waals surface area contributed by atoms with Crippen LogP contribution in [-0.4, -0.2) is 8.42 Å². The van der Waals surface area contributed by atoms with E-state index in [2.05, 4.69) is 0 Å². The van der Waals surface area contributed by atoms with Gasteiger partial charge in [0.05, 0.1) is 11.8 Å². The van der Waals surface area contributed by atoms with Crippen molar-refractivity contribution in [2.45, 2.75) is 5.09 Å². The summed E-state index contributed by atoms with van der Waals surface area (Å²) in [5.74, 6) is -0.0219. The van der Waals surface area contributed by atoms with Crippen LogP contribution >= 0.6 is 0 Å². The van der Waals surface area contributed by atoms with Gasteiger partial charge < -0.3 is 8.60 Å². The largest absolute Gasteiger partial charge is 0.450 e. The van der Waals surface area contributed by atoms with Crippen LogP contribution in [0.4, 0.5) is 0 Å². The fourth-order valence-electron chi connectivity index (χ4n) is 1.20. The normalized spacial score (nSPS) is 10.8. The van der Waals surface area contributed by atoms with Gasteiger partial charge in [0.25, 0.3) is 5.09 Å². The molecule has 0 amide bonds. The van der Waals surface area contributed by atoms with Gasteiger partial charge in [-0.2, -0.15) is 13.7 Å². The number of benzene rings is 1. The van der Waals surface area contributed by atoms with Crippen LogP contribution in [0.25, 0.3) is 0 Å². The molecule has 2 aromatic rings. The lowest BCUT2D eigenvalue weighted by Gasteiger charge is -2.05. The van der Waals surface area contributed by atoms with Crippen molar-refractivity contribution in [3.63, 3.8) is 0 Å². The lowest BCUT2D eigenvalue weighted by Crippen LogP contribution is -2.09. The monoisotopic (exact) mass is 249 g/mol. The van der Waals surface area contributed by atoms with Crippen LogP contribution in [-0.2, 0) is 10.1 Å². The average molecular weight is 249 g/mol. The molecule has 0 radical (unpaired) electrons. The van der Waals surface area contributed by atoms with Gasteiger partial charge in [-0.3, -0.25) is 0 Å². The molecule has 86 valence electrons. The van der Waals surface area contributed by atoms with Crippen LogP contribution in [0.1, 0.15) is 5.56 Å². The van der Waals surface area contributed by atoms with E-state index in [1.807, 2.05) is 6.07 Å². The Bertz CT molecular complexity index is 653. The van der Waals surface area contributed by atoms with Crippen molar-refractivity contribution in [1.29, 1.82) is 5.26 Å². The Morgan fingerprint density at radius 1 is 1.18 bits per heavy atom. The molecule has 0 bridgehead atoms. The Hall–Kier alpha value is -2.26. The second-order valence-corrected chi connectivity index (χ2v) is 4.55. The quantitative estimate of drug-likeness (QED) is 0.776. The van der Waals surface area contributed by atoms with E-state index in [1.165, 1.54) is 30.5 Å². The molecule has 2 rings (SSSR count). The lowest BCUT2D eigenvalue weighted by molar-refractivity contribution is 0.410. The minimum absolute atomic E-state index is 0.0219. The van der Waals surface area contributed by atoms with Crippen LogP contribution in [0, 0.1) is 11.3 Å². The molecule has 6 heteroatoms. The maximum atomic E-state index is 11.7. The third kappa shape index (κ3) is 2.29. The molecule has 17 heavy (non-hydrogen) atoms. The summed E-state index contributed by atoms with van der Waals surface area (Å²) in [6, 6.07) is 10.6. The molecule has 0 saturated heterocycles. The number of hydrogen-bond donors (Lipinski definition) is 0. The fraction of sp³-hybridized carbons (Fsp3) is 0. The van der Waals surface area contributed by atoms with Crippen LogP contribution in [0.5, 0.6) is 5.75 Å². The molecule has 1 aromatic heterocycles. The Kier molecular flexibility index (Phi) is 2.85. The Balaban J connectivity index is 2.37. The van der Waals surface area contributed by atoms with E-state index in [-0.39, 0.29) is 16.4 Å². The van der Waals surface area contributed by atoms with Crippen LogP contribution < -0.4 is 4.18 Å². The molecule has 1 heterocycles. The second-order valence-electron chi connectivity index (χ2n) is 3.08. The zero-order valence-electron chi connectivity index (χ0n) is 8.53. The van der Waals surface area contributed by atoms with Gasteiger partial charge in [-0.1, -0.05) is 12.1 Å². The van der Waals surface area contributed by atoms with E-state index in [0.29, 0.717) is 0 Å². The standard InChI is InChI=1S/C11H7NO4S/c12-8-9-4-1-2-5-10(9)16-17(13,14)11-6-3-7-15-11/h1-7H. The van der Waals surface area contributed by atoms with Crippen molar-refractivity contribution < 1.29 is 17.0 Å². The second kappa shape index (κ2) is 4.31. The van der Waals surface area contributed by atoms with Crippen LogP contribution in [0.2, 0.25) is 0 Å². The van der Waals surface area contributed by atoms with Crippen molar-refractivity contribution in [1.82, 2.24) is 0 Å². The van der Waals surface area contributed by atoms with E-state index in [1.54, 1.807) is 12.1 Å². The van der Waals surface area contributed by atoms with Gasteiger partial charge in [-0.15, -0.1) is 0 Å². The first-order chi connectivity index (χ1) is 8.13. The SMILES string of the molecule is N#Cc1ccccc1OS(=O)(=O)c1ccco1. The molecule has 0 aliphatic carbocycles. The smallest absolute Gasteiger partial charge is 0.373 e. The van der Waals surface area contributed by atoms with E-state index >= 15 is 0 Å². The van der Waals surface area contributed by atoms with E-state index in [0.717, 1.165) is 0 Å². The Morgan fingerprint density at radius 2 is 1.94 bits per heavy atom. The minimum Gasteiger partial charge on any atom is -0.450 e. The highest BCUT2D eigenvalue weighted by Gasteiger charge is 2.21. The molecule has 0 saturated carbocycles. The predicted octanol–water partition coefficient (Wildman–Crippen LogP) is 1.92. The molecule has 0 aliphatic rings. The van der Waals surface area contributed by atoms with Crippen molar-refractivity contribution >= 4 is 10.1 Å². The number of para-hydroxylation sites is 1. The summed E-state index contributed by atoms with van der Waals surface area (Å²) in [6.45, 7) is 0. The minimum atomic E-state index is -4.02. The number of hydrogen-bond acceptors (Lipinski definition) is 5. The molecular formula is C11H7NO4S. The summed E-state index contributed by atoms with van der Waals surface area (Å²) in [5, 5.41) is 8.50. The topological polar surface area (TPSA) is 80.3 Å².